The van der Waals surface area contributed by atoms with E-state index in [1.165, 1.54) is 0 Å². The molecule has 0 aromatic carbocycles. The summed E-state index contributed by atoms with van der Waals surface area (Å²) in [5.74, 6) is -0.312. The minimum absolute atomic E-state index is 0. The van der Waals surface area contributed by atoms with Crippen LogP contribution in [0, 0.1) is 6.92 Å². The Balaban J connectivity index is -0.000000245. The van der Waals surface area contributed by atoms with Crippen molar-refractivity contribution in [3.05, 3.63) is 6.92 Å². The smallest absolute Gasteiger partial charge is 1.00 e. The molecule has 2 nitrogen and oxygen atoms in total. The Labute approximate surface area is 96.1 Å². The number of carbonyl (C=O) groups is 1. The molecule has 0 aromatic heterocycles. The van der Waals surface area contributed by atoms with Gasteiger partial charge in [0.15, 0.2) is 0 Å². The zero-order valence-electron chi connectivity index (χ0n) is 5.77. The Morgan fingerprint density at radius 3 is 2.30 bits per heavy atom. The molecule has 56 valence electrons. The van der Waals surface area contributed by atoms with Gasteiger partial charge >= 0.3 is 23.1 Å². The van der Waals surface area contributed by atoms with Gasteiger partial charge in [0.1, 0.15) is 0 Å². The van der Waals surface area contributed by atoms with Crippen LogP contribution in [-0.4, -0.2) is 40.5 Å². The average Bonchev–Trinajstić information content (AvgIpc) is 1.67. The molecule has 1 atom stereocenters. The zero-order chi connectivity index (χ0) is 6.57. The molecule has 10 heavy (non-hydrogen) atoms. The van der Waals surface area contributed by atoms with Crippen molar-refractivity contribution in [3.8, 4) is 0 Å². The maximum atomic E-state index is 10.4. The van der Waals surface area contributed by atoms with Crippen LogP contribution < -0.4 is 17.0 Å². The Hall–Kier alpha value is 1.20. The number of carbonyl (C=O) groups excluding carboxylic acids is 1. The third-order valence-electron chi connectivity index (χ3n) is 0.542. The standard InChI is InChI=1S/C5H8BrO2.BrH.Mg/c1-3-8-5(7)4(2)6;;/h4H,2-3H2,1H3;1H;/q-1;;+2/p-1. The summed E-state index contributed by atoms with van der Waals surface area (Å²) in [5.41, 5.74) is 0. The molecule has 0 aliphatic rings. The zero-order valence-corrected chi connectivity index (χ0v) is 10.4. The molecule has 0 fully saturated rings. The molecular formula is C5H8Br2MgO2. The predicted octanol–water partition coefficient (Wildman–Crippen LogP) is -2.23. The molecule has 0 spiro atoms. The van der Waals surface area contributed by atoms with Gasteiger partial charge in [-0.05, 0) is 11.8 Å². The molecule has 0 amide bonds. The van der Waals surface area contributed by atoms with E-state index in [-0.39, 0.29) is 46.0 Å². The van der Waals surface area contributed by atoms with Gasteiger partial charge in [0.05, 0.1) is 6.61 Å². The second-order valence-corrected chi connectivity index (χ2v) is 2.32. The topological polar surface area (TPSA) is 26.3 Å². The molecule has 0 rings (SSSR count). The van der Waals surface area contributed by atoms with Gasteiger partial charge in [0, 0.05) is 0 Å². The summed E-state index contributed by atoms with van der Waals surface area (Å²) in [7, 11) is 0. The van der Waals surface area contributed by atoms with Crippen LogP contribution in [-0.2, 0) is 9.53 Å². The van der Waals surface area contributed by atoms with E-state index in [9.17, 15) is 4.79 Å². The fourth-order valence-electron chi connectivity index (χ4n) is 0.233. The van der Waals surface area contributed by atoms with Crippen molar-refractivity contribution in [1.29, 1.82) is 0 Å². The van der Waals surface area contributed by atoms with E-state index in [0.29, 0.717) is 6.61 Å². The van der Waals surface area contributed by atoms with Crippen LogP contribution in [0.5, 0.6) is 0 Å². The molecule has 0 aliphatic heterocycles. The predicted molar refractivity (Wildman–Crippen MR) is 40.5 cm³/mol. The van der Waals surface area contributed by atoms with Gasteiger partial charge in [-0.15, -0.1) is 15.9 Å². The van der Waals surface area contributed by atoms with Crippen LogP contribution in [0.4, 0.5) is 0 Å². The fourth-order valence-corrected chi connectivity index (χ4v) is 0.365. The molecule has 0 radical (unpaired) electrons. The summed E-state index contributed by atoms with van der Waals surface area (Å²) in [6, 6.07) is 0. The van der Waals surface area contributed by atoms with Gasteiger partial charge in [0.25, 0.3) is 5.97 Å². The van der Waals surface area contributed by atoms with Gasteiger partial charge in [0.2, 0.25) is 0 Å². The fraction of sp³-hybridized carbons (Fsp3) is 0.600. The van der Waals surface area contributed by atoms with Crippen LogP contribution in [0.3, 0.4) is 0 Å². The quantitative estimate of drug-likeness (QED) is 0.248. The second kappa shape index (κ2) is 10.2. The van der Waals surface area contributed by atoms with Crippen LogP contribution >= 0.6 is 15.9 Å². The summed E-state index contributed by atoms with van der Waals surface area (Å²) in [6.45, 7) is 5.57. The Bertz CT molecular complexity index is 87.7. The van der Waals surface area contributed by atoms with E-state index in [1.807, 2.05) is 0 Å². The Morgan fingerprint density at radius 1 is 1.80 bits per heavy atom. The van der Waals surface area contributed by atoms with Gasteiger partial charge in [-0.2, -0.15) is 0 Å². The molecule has 0 N–H and O–H groups in total. The van der Waals surface area contributed by atoms with Crippen molar-refractivity contribution >= 4 is 45.0 Å². The summed E-state index contributed by atoms with van der Waals surface area (Å²) in [5, 5.41) is 0. The molecule has 0 bridgehead atoms. The average molecular weight is 284 g/mol. The molecule has 0 aromatic rings. The van der Waals surface area contributed by atoms with Gasteiger partial charge < -0.3 is 28.6 Å². The summed E-state index contributed by atoms with van der Waals surface area (Å²) < 4.78 is 4.55. The molecule has 1 unspecified atom stereocenters. The van der Waals surface area contributed by atoms with Crippen LogP contribution in [0.15, 0.2) is 0 Å². The number of hydrogen-bond acceptors (Lipinski definition) is 2. The van der Waals surface area contributed by atoms with E-state index in [1.54, 1.807) is 6.92 Å². The minimum Gasteiger partial charge on any atom is -1.00 e. The second-order valence-electron chi connectivity index (χ2n) is 1.22. The van der Waals surface area contributed by atoms with Crippen LogP contribution in [0.1, 0.15) is 6.92 Å². The third kappa shape index (κ3) is 9.20. The minimum atomic E-state index is -0.428. The Kier molecular flexibility index (Phi) is 17.7. The molecular weight excluding hydrogens is 276 g/mol. The molecule has 5 heteroatoms. The van der Waals surface area contributed by atoms with Gasteiger partial charge in [-0.1, -0.05) is 0 Å². The van der Waals surface area contributed by atoms with Crippen molar-refractivity contribution in [3.63, 3.8) is 0 Å². The van der Waals surface area contributed by atoms with Crippen molar-refractivity contribution < 1.29 is 26.5 Å². The molecule has 0 aliphatic carbocycles. The molecule has 0 saturated heterocycles. The third-order valence-corrected chi connectivity index (χ3v) is 0.916. The number of esters is 1. The van der Waals surface area contributed by atoms with E-state index < -0.39 is 4.83 Å². The first-order valence-corrected chi connectivity index (χ1v) is 3.23. The number of ether oxygens (including phenoxy) is 1. The van der Waals surface area contributed by atoms with Gasteiger partial charge in [-0.25, -0.2) is 0 Å². The number of halogens is 2. The number of hydrogen-bond donors (Lipinski definition) is 0. The van der Waals surface area contributed by atoms with E-state index in [4.69, 9.17) is 0 Å². The summed E-state index contributed by atoms with van der Waals surface area (Å²) in [4.78, 5) is 9.98. The van der Waals surface area contributed by atoms with Crippen molar-refractivity contribution in [2.45, 2.75) is 11.8 Å². The van der Waals surface area contributed by atoms with Gasteiger partial charge in [-0.3, -0.25) is 4.79 Å². The first-order chi connectivity index (χ1) is 3.68. The first kappa shape index (κ1) is 17.3. The number of alkyl halides is 1. The Morgan fingerprint density at radius 2 is 2.20 bits per heavy atom. The monoisotopic (exact) mass is 282 g/mol. The molecule has 0 saturated carbocycles. The van der Waals surface area contributed by atoms with Crippen molar-refractivity contribution in [1.82, 2.24) is 0 Å². The summed E-state index contributed by atoms with van der Waals surface area (Å²) in [6.07, 6.45) is 0. The maximum absolute atomic E-state index is 10.4. The van der Waals surface area contributed by atoms with Crippen molar-refractivity contribution in [2.24, 2.45) is 0 Å². The van der Waals surface area contributed by atoms with E-state index in [2.05, 4.69) is 27.6 Å². The normalized spacial score (nSPS) is 10.3. The largest absolute Gasteiger partial charge is 2.00 e. The maximum Gasteiger partial charge on any atom is 2.00 e. The SMILES string of the molecule is [Br-].[CH2-]C(Br)C(=O)OCC.[Mg+2]. The van der Waals surface area contributed by atoms with Crippen molar-refractivity contribution in [2.75, 3.05) is 6.61 Å². The van der Waals surface area contributed by atoms with Crippen LogP contribution in [0.2, 0.25) is 0 Å². The van der Waals surface area contributed by atoms with E-state index >= 15 is 0 Å². The summed E-state index contributed by atoms with van der Waals surface area (Å²) >= 11 is 2.96. The molecule has 0 heterocycles. The van der Waals surface area contributed by atoms with Crippen LogP contribution in [0.25, 0.3) is 0 Å². The number of rotatable bonds is 2. The van der Waals surface area contributed by atoms with E-state index in [0.717, 1.165) is 0 Å². The first-order valence-electron chi connectivity index (χ1n) is 2.32.